The molecule has 1 aliphatic heterocycles. The molecule has 0 radical (unpaired) electrons. The Bertz CT molecular complexity index is 422. The van der Waals surface area contributed by atoms with Crippen LogP contribution in [0.15, 0.2) is 18.2 Å². The Morgan fingerprint density at radius 3 is 2.76 bits per heavy atom. The first-order chi connectivity index (χ1) is 8.00. The van der Waals surface area contributed by atoms with E-state index in [9.17, 15) is 14.3 Å². The van der Waals surface area contributed by atoms with Crippen LogP contribution in [-0.4, -0.2) is 41.3 Å². The summed E-state index contributed by atoms with van der Waals surface area (Å²) in [6, 6.07) is 5.16. The van der Waals surface area contributed by atoms with Crippen LogP contribution >= 0.6 is 11.6 Å². The summed E-state index contributed by atoms with van der Waals surface area (Å²) in [6.07, 6.45) is -2.47. The molecule has 0 spiro atoms. The van der Waals surface area contributed by atoms with E-state index in [-0.39, 0.29) is 19.0 Å². The van der Waals surface area contributed by atoms with Crippen molar-refractivity contribution < 1.29 is 14.3 Å². The lowest BCUT2D eigenvalue weighted by molar-refractivity contribution is 0.0763. The average molecular weight is 258 g/mol. The maximum Gasteiger partial charge on any atom is 0.255 e. The molecule has 5 heteroatoms. The molecule has 1 N–H and O–H groups in total. The number of likely N-dealkylation sites (tertiary alicyclic amines) is 1. The molecule has 2 rings (SSSR count). The molecule has 3 nitrogen and oxygen atoms in total. The summed E-state index contributed by atoms with van der Waals surface area (Å²) in [6.45, 7) is 1.72. The highest BCUT2D eigenvalue weighted by atomic mass is 35.5. The number of carbonyl (C=O) groups excluding carboxylic acids is 1. The molecular weight excluding hydrogens is 245 g/mol. The lowest BCUT2D eigenvalue weighted by Gasteiger charge is -2.17. The number of benzene rings is 1. The minimum Gasteiger partial charge on any atom is -0.388 e. The van der Waals surface area contributed by atoms with Gasteiger partial charge in [0.1, 0.15) is 12.3 Å². The number of halogens is 2. The quantitative estimate of drug-likeness (QED) is 0.834. The van der Waals surface area contributed by atoms with E-state index >= 15 is 0 Å². The first kappa shape index (κ1) is 12.3. The SMILES string of the molecule is Cc1cccc(Cl)c1C(=O)N1C[C@@H](O)[C@H](F)C1. The van der Waals surface area contributed by atoms with Gasteiger partial charge in [0.2, 0.25) is 0 Å². The van der Waals surface area contributed by atoms with Gasteiger partial charge in [0.15, 0.2) is 0 Å². The molecule has 1 heterocycles. The van der Waals surface area contributed by atoms with Gasteiger partial charge >= 0.3 is 0 Å². The van der Waals surface area contributed by atoms with Crippen LogP contribution in [0.5, 0.6) is 0 Å². The fourth-order valence-corrected chi connectivity index (χ4v) is 2.28. The number of carbonyl (C=O) groups is 1. The Morgan fingerprint density at radius 2 is 2.24 bits per heavy atom. The van der Waals surface area contributed by atoms with Crippen molar-refractivity contribution in [3.8, 4) is 0 Å². The second-order valence-electron chi connectivity index (χ2n) is 4.23. The maximum absolute atomic E-state index is 13.2. The summed E-state index contributed by atoms with van der Waals surface area (Å²) in [5.41, 5.74) is 1.13. The largest absolute Gasteiger partial charge is 0.388 e. The Kier molecular flexibility index (Phi) is 3.35. The number of alkyl halides is 1. The molecule has 0 saturated carbocycles. The standard InChI is InChI=1S/C12H13ClFNO2/c1-7-3-2-4-8(13)11(7)12(17)15-5-9(14)10(16)6-15/h2-4,9-10,16H,5-6H2,1H3/t9-,10-/m1/s1. The maximum atomic E-state index is 13.2. The van der Waals surface area contributed by atoms with Gasteiger partial charge in [-0.1, -0.05) is 23.7 Å². The third-order valence-corrected chi connectivity index (χ3v) is 3.26. The van der Waals surface area contributed by atoms with E-state index in [4.69, 9.17) is 11.6 Å². The van der Waals surface area contributed by atoms with Gasteiger partial charge in [-0.3, -0.25) is 4.79 Å². The van der Waals surface area contributed by atoms with Gasteiger partial charge in [0, 0.05) is 6.54 Å². The number of β-amino-alcohol motifs (C(OH)–C–C–N with tert-alkyl or cyclic N) is 1. The molecule has 1 aromatic carbocycles. The summed E-state index contributed by atoms with van der Waals surface area (Å²) in [5.74, 6) is -0.327. The van der Waals surface area contributed by atoms with Crippen molar-refractivity contribution in [2.24, 2.45) is 0 Å². The minimum atomic E-state index is -1.37. The molecule has 1 fully saturated rings. The summed E-state index contributed by atoms with van der Waals surface area (Å²) >= 11 is 5.97. The highest BCUT2D eigenvalue weighted by molar-refractivity contribution is 6.34. The fourth-order valence-electron chi connectivity index (χ4n) is 1.97. The predicted octanol–water partition coefficient (Wildman–Crippen LogP) is 1.80. The monoisotopic (exact) mass is 257 g/mol. The topological polar surface area (TPSA) is 40.5 Å². The van der Waals surface area contributed by atoms with Crippen molar-refractivity contribution in [3.63, 3.8) is 0 Å². The zero-order valence-electron chi connectivity index (χ0n) is 9.36. The number of hydrogen-bond donors (Lipinski definition) is 1. The van der Waals surface area contributed by atoms with Gasteiger partial charge in [0.05, 0.1) is 17.1 Å². The first-order valence-electron chi connectivity index (χ1n) is 5.37. The molecule has 1 amide bonds. The Balaban J connectivity index is 2.27. The van der Waals surface area contributed by atoms with Gasteiger partial charge < -0.3 is 10.0 Å². The average Bonchev–Trinajstić information content (AvgIpc) is 2.59. The van der Waals surface area contributed by atoms with Gasteiger partial charge in [-0.25, -0.2) is 4.39 Å². The van der Waals surface area contributed by atoms with Crippen molar-refractivity contribution >= 4 is 17.5 Å². The number of aryl methyl sites for hydroxylation is 1. The number of nitrogens with zero attached hydrogens (tertiary/aromatic N) is 1. The number of aliphatic hydroxyl groups excluding tert-OH is 1. The Hall–Kier alpha value is -1.13. The molecule has 1 aromatic rings. The van der Waals surface area contributed by atoms with Crippen LogP contribution in [-0.2, 0) is 0 Å². The molecule has 0 aromatic heterocycles. The van der Waals surface area contributed by atoms with Gasteiger partial charge in [-0.2, -0.15) is 0 Å². The third kappa shape index (κ3) is 2.28. The predicted molar refractivity (Wildman–Crippen MR) is 63.0 cm³/mol. The second kappa shape index (κ2) is 4.63. The highest BCUT2D eigenvalue weighted by Crippen LogP contribution is 2.24. The van der Waals surface area contributed by atoms with Crippen molar-refractivity contribution in [2.75, 3.05) is 13.1 Å². The molecule has 17 heavy (non-hydrogen) atoms. The van der Waals surface area contributed by atoms with Gasteiger partial charge in [0.25, 0.3) is 5.91 Å². The Labute approximate surface area is 104 Å². The van der Waals surface area contributed by atoms with Crippen molar-refractivity contribution in [1.29, 1.82) is 0 Å². The fraction of sp³-hybridized carbons (Fsp3) is 0.417. The lowest BCUT2D eigenvalue weighted by atomic mass is 10.1. The van der Waals surface area contributed by atoms with Crippen molar-refractivity contribution in [3.05, 3.63) is 34.3 Å². The van der Waals surface area contributed by atoms with E-state index in [1.54, 1.807) is 25.1 Å². The first-order valence-corrected chi connectivity index (χ1v) is 5.75. The summed E-state index contributed by atoms with van der Waals surface area (Å²) in [5, 5.41) is 9.65. The van der Waals surface area contributed by atoms with Crippen LogP contribution in [0.3, 0.4) is 0 Å². The van der Waals surface area contributed by atoms with E-state index in [0.29, 0.717) is 10.6 Å². The number of rotatable bonds is 1. The van der Waals surface area contributed by atoms with E-state index in [0.717, 1.165) is 5.56 Å². The van der Waals surface area contributed by atoms with E-state index in [1.165, 1.54) is 4.90 Å². The van der Waals surface area contributed by atoms with Crippen LogP contribution in [0, 0.1) is 6.92 Å². The summed E-state index contributed by atoms with van der Waals surface area (Å²) in [4.78, 5) is 13.4. The van der Waals surface area contributed by atoms with Crippen LogP contribution in [0.4, 0.5) is 4.39 Å². The summed E-state index contributed by atoms with van der Waals surface area (Å²) < 4.78 is 13.2. The van der Waals surface area contributed by atoms with Crippen LogP contribution in [0.25, 0.3) is 0 Å². The molecule has 1 saturated heterocycles. The normalized spacial score (nSPS) is 24.1. The number of hydrogen-bond acceptors (Lipinski definition) is 2. The molecule has 0 bridgehead atoms. The van der Waals surface area contributed by atoms with E-state index in [1.807, 2.05) is 0 Å². The summed E-state index contributed by atoms with van der Waals surface area (Å²) in [7, 11) is 0. The highest BCUT2D eigenvalue weighted by Gasteiger charge is 2.35. The second-order valence-corrected chi connectivity index (χ2v) is 4.63. The molecule has 2 atom stereocenters. The molecule has 1 aliphatic rings. The molecule has 0 aliphatic carbocycles. The molecular formula is C12H13ClFNO2. The van der Waals surface area contributed by atoms with Crippen LogP contribution in [0.1, 0.15) is 15.9 Å². The number of aliphatic hydroxyl groups is 1. The van der Waals surface area contributed by atoms with E-state index in [2.05, 4.69) is 0 Å². The zero-order chi connectivity index (χ0) is 12.6. The molecule has 92 valence electrons. The third-order valence-electron chi connectivity index (χ3n) is 2.94. The van der Waals surface area contributed by atoms with Gasteiger partial charge in [-0.05, 0) is 18.6 Å². The van der Waals surface area contributed by atoms with Gasteiger partial charge in [-0.15, -0.1) is 0 Å². The van der Waals surface area contributed by atoms with Crippen LogP contribution < -0.4 is 0 Å². The number of amides is 1. The van der Waals surface area contributed by atoms with Crippen molar-refractivity contribution in [1.82, 2.24) is 4.90 Å². The minimum absolute atomic E-state index is 0.0185. The van der Waals surface area contributed by atoms with E-state index < -0.39 is 12.3 Å². The lowest BCUT2D eigenvalue weighted by Crippen LogP contribution is -2.30. The van der Waals surface area contributed by atoms with Crippen LogP contribution in [0.2, 0.25) is 5.02 Å². The zero-order valence-corrected chi connectivity index (χ0v) is 10.1. The smallest absolute Gasteiger partial charge is 0.255 e. The Morgan fingerprint density at radius 1 is 1.53 bits per heavy atom. The van der Waals surface area contributed by atoms with Crippen molar-refractivity contribution in [2.45, 2.75) is 19.2 Å². The molecule has 0 unspecified atom stereocenters.